The second-order valence-corrected chi connectivity index (χ2v) is 7.23. The lowest BCUT2D eigenvalue weighted by Crippen LogP contribution is -1.98. The molecule has 0 N–H and O–H groups in total. The third-order valence-electron chi connectivity index (χ3n) is 2.05. The fraction of sp³-hybridized carbons (Fsp3) is 0. The summed E-state index contributed by atoms with van der Waals surface area (Å²) in [4.78, 5) is 12.8. The van der Waals surface area contributed by atoms with Crippen molar-refractivity contribution in [3.63, 3.8) is 0 Å². The lowest BCUT2D eigenvalue weighted by atomic mass is 10.1. The maximum atomic E-state index is 12.1. The molecule has 0 aliphatic heterocycles. The van der Waals surface area contributed by atoms with Gasteiger partial charge in [-0.15, -0.1) is 11.3 Å². The Bertz CT molecular complexity index is 576. The van der Waals surface area contributed by atoms with Gasteiger partial charge in [0.25, 0.3) is 0 Å². The summed E-state index contributed by atoms with van der Waals surface area (Å²) in [6.45, 7) is 0. The molecule has 0 unspecified atom stereocenters. The molecule has 0 atom stereocenters. The van der Waals surface area contributed by atoms with Crippen LogP contribution < -0.4 is 0 Å². The van der Waals surface area contributed by atoms with E-state index in [1.54, 1.807) is 24.3 Å². The summed E-state index contributed by atoms with van der Waals surface area (Å²) < 4.78 is 1.76. The van der Waals surface area contributed by atoms with Crippen LogP contribution in [-0.4, -0.2) is 5.78 Å². The van der Waals surface area contributed by atoms with Crippen LogP contribution in [0.15, 0.2) is 32.5 Å². The van der Waals surface area contributed by atoms with E-state index in [1.807, 2.05) is 0 Å². The highest BCUT2D eigenvalue weighted by Crippen LogP contribution is 2.34. The number of rotatable bonds is 2. The van der Waals surface area contributed by atoms with E-state index in [1.165, 1.54) is 11.3 Å². The minimum atomic E-state index is -0.0695. The summed E-state index contributed by atoms with van der Waals surface area (Å²) in [7, 11) is 0. The summed E-state index contributed by atoms with van der Waals surface area (Å²) in [6.07, 6.45) is 0. The van der Waals surface area contributed by atoms with Crippen LogP contribution >= 0.6 is 66.4 Å². The quantitative estimate of drug-likeness (QED) is 0.566. The number of hydrogen-bond acceptors (Lipinski definition) is 2. The summed E-state index contributed by atoms with van der Waals surface area (Å²) in [6, 6.07) is 6.64. The molecule has 1 heterocycles. The second kappa shape index (κ2) is 5.41. The molecule has 2 rings (SSSR count). The highest BCUT2D eigenvalue weighted by atomic mass is 79.9. The van der Waals surface area contributed by atoms with Crippen LogP contribution in [0, 0.1) is 0 Å². The van der Waals surface area contributed by atoms with E-state index in [2.05, 4.69) is 31.9 Å². The Morgan fingerprint density at radius 3 is 2.35 bits per heavy atom. The Morgan fingerprint density at radius 1 is 1.12 bits per heavy atom. The Labute approximate surface area is 129 Å². The Balaban J connectivity index is 2.40. The molecule has 0 saturated heterocycles. The molecule has 17 heavy (non-hydrogen) atoms. The molecule has 1 aromatic heterocycles. The van der Waals surface area contributed by atoms with Crippen molar-refractivity contribution in [3.05, 3.63) is 53.0 Å². The number of halogens is 4. The highest BCUT2D eigenvalue weighted by Gasteiger charge is 2.15. The maximum absolute atomic E-state index is 12.1. The molecule has 0 radical (unpaired) electrons. The van der Waals surface area contributed by atoms with Crippen molar-refractivity contribution in [1.29, 1.82) is 0 Å². The number of thiophene rings is 1. The first-order valence-electron chi connectivity index (χ1n) is 4.43. The third kappa shape index (κ3) is 2.93. The largest absolute Gasteiger partial charge is 0.288 e. The molecule has 1 nitrogen and oxygen atoms in total. The van der Waals surface area contributed by atoms with Crippen molar-refractivity contribution >= 4 is 72.2 Å². The molecule has 0 aliphatic rings. The SMILES string of the molecule is O=C(c1ccc(Cl)c(Cl)c1)c1cc(Br)c(Br)s1. The monoisotopic (exact) mass is 412 g/mol. The topological polar surface area (TPSA) is 17.1 Å². The van der Waals surface area contributed by atoms with Crippen LogP contribution in [0.5, 0.6) is 0 Å². The van der Waals surface area contributed by atoms with Crippen molar-refractivity contribution in [2.45, 2.75) is 0 Å². The van der Waals surface area contributed by atoms with E-state index in [-0.39, 0.29) is 5.78 Å². The molecule has 2 aromatic rings. The first-order chi connectivity index (χ1) is 7.99. The van der Waals surface area contributed by atoms with Crippen LogP contribution in [0.1, 0.15) is 15.2 Å². The smallest absolute Gasteiger partial charge is 0.203 e. The van der Waals surface area contributed by atoms with Crippen LogP contribution in [0.4, 0.5) is 0 Å². The van der Waals surface area contributed by atoms with Crippen LogP contribution in [0.2, 0.25) is 10.0 Å². The Kier molecular flexibility index (Phi) is 4.31. The van der Waals surface area contributed by atoms with Gasteiger partial charge in [0, 0.05) is 10.0 Å². The minimum absolute atomic E-state index is 0.0695. The van der Waals surface area contributed by atoms with E-state index < -0.39 is 0 Å². The van der Waals surface area contributed by atoms with Gasteiger partial charge in [-0.2, -0.15) is 0 Å². The fourth-order valence-electron chi connectivity index (χ4n) is 1.24. The van der Waals surface area contributed by atoms with Gasteiger partial charge in [0.2, 0.25) is 5.78 Å². The Hall–Kier alpha value is 0.130. The first-order valence-corrected chi connectivity index (χ1v) is 7.59. The number of carbonyl (C=O) groups excluding carboxylic acids is 1. The van der Waals surface area contributed by atoms with Gasteiger partial charge in [-0.25, -0.2) is 0 Å². The van der Waals surface area contributed by atoms with Gasteiger partial charge in [-0.3, -0.25) is 4.79 Å². The standard InChI is InChI=1S/C11H4Br2Cl2OS/c12-6-4-9(17-11(6)13)10(16)5-1-2-7(14)8(15)3-5/h1-4H. The lowest BCUT2D eigenvalue weighted by Gasteiger charge is -2.00. The first kappa shape index (κ1) is 13.6. The lowest BCUT2D eigenvalue weighted by molar-refractivity contribution is 0.104. The molecule has 0 aliphatic carbocycles. The van der Waals surface area contributed by atoms with Crippen LogP contribution in [-0.2, 0) is 0 Å². The van der Waals surface area contributed by atoms with E-state index >= 15 is 0 Å². The van der Waals surface area contributed by atoms with Crippen LogP contribution in [0.3, 0.4) is 0 Å². The summed E-state index contributed by atoms with van der Waals surface area (Å²) >= 11 is 19.8. The molecule has 88 valence electrons. The third-order valence-corrected chi connectivity index (χ3v) is 6.04. The van der Waals surface area contributed by atoms with E-state index in [0.717, 1.165) is 8.26 Å². The van der Waals surface area contributed by atoms with Crippen LogP contribution in [0.25, 0.3) is 0 Å². The van der Waals surface area contributed by atoms with Gasteiger partial charge >= 0.3 is 0 Å². The van der Waals surface area contributed by atoms with Gasteiger partial charge in [-0.1, -0.05) is 23.2 Å². The van der Waals surface area contributed by atoms with Crippen molar-refractivity contribution < 1.29 is 4.79 Å². The molecule has 1 aromatic carbocycles. The Morgan fingerprint density at radius 2 is 1.82 bits per heavy atom. The number of ketones is 1. The zero-order valence-corrected chi connectivity index (χ0v) is 13.6. The summed E-state index contributed by atoms with van der Waals surface area (Å²) in [5, 5.41) is 0.823. The molecule has 0 spiro atoms. The predicted molar refractivity (Wildman–Crippen MR) is 79.6 cm³/mol. The van der Waals surface area contributed by atoms with Crippen molar-refractivity contribution in [1.82, 2.24) is 0 Å². The molecule has 0 fully saturated rings. The summed E-state index contributed by atoms with van der Waals surface area (Å²) in [5.41, 5.74) is 0.528. The van der Waals surface area contributed by atoms with Gasteiger partial charge < -0.3 is 0 Å². The average molecular weight is 415 g/mol. The van der Waals surface area contributed by atoms with E-state index in [0.29, 0.717) is 20.5 Å². The fourth-order valence-corrected chi connectivity index (χ4v) is 3.53. The normalized spacial score (nSPS) is 10.6. The summed E-state index contributed by atoms with van der Waals surface area (Å²) in [5.74, 6) is -0.0695. The minimum Gasteiger partial charge on any atom is -0.288 e. The molecular weight excluding hydrogens is 411 g/mol. The zero-order valence-electron chi connectivity index (χ0n) is 8.14. The van der Waals surface area contributed by atoms with E-state index in [9.17, 15) is 4.79 Å². The molecule has 0 saturated carbocycles. The van der Waals surface area contributed by atoms with Gasteiger partial charge in [0.05, 0.1) is 18.7 Å². The van der Waals surface area contributed by atoms with Gasteiger partial charge in [0.15, 0.2) is 0 Å². The van der Waals surface area contributed by atoms with Crippen molar-refractivity contribution in [3.8, 4) is 0 Å². The average Bonchev–Trinajstić information content (AvgIpc) is 2.62. The van der Waals surface area contributed by atoms with Crippen molar-refractivity contribution in [2.75, 3.05) is 0 Å². The zero-order chi connectivity index (χ0) is 12.6. The molecule has 6 heteroatoms. The van der Waals surface area contributed by atoms with Gasteiger partial charge in [0.1, 0.15) is 0 Å². The molecule has 0 bridgehead atoms. The number of benzene rings is 1. The van der Waals surface area contributed by atoms with Gasteiger partial charge in [-0.05, 0) is 56.1 Å². The molecule has 0 amide bonds. The van der Waals surface area contributed by atoms with E-state index in [4.69, 9.17) is 23.2 Å². The van der Waals surface area contributed by atoms with Crippen molar-refractivity contribution in [2.24, 2.45) is 0 Å². The second-order valence-electron chi connectivity index (χ2n) is 3.19. The maximum Gasteiger partial charge on any atom is 0.203 e. The molecular formula is C11H4Br2Cl2OS. The number of hydrogen-bond donors (Lipinski definition) is 0. The number of carbonyl (C=O) groups is 1. The highest BCUT2D eigenvalue weighted by molar-refractivity contribution is 9.13. The predicted octanol–water partition coefficient (Wildman–Crippen LogP) is 5.81.